The Morgan fingerprint density at radius 3 is 2.86 bits per heavy atom. The molecule has 0 radical (unpaired) electrons. The summed E-state index contributed by atoms with van der Waals surface area (Å²) < 4.78 is 5.65. The molecule has 3 heterocycles. The van der Waals surface area contributed by atoms with Crippen molar-refractivity contribution in [1.82, 2.24) is 14.9 Å². The molecule has 0 spiro atoms. The van der Waals surface area contributed by atoms with Gasteiger partial charge in [-0.25, -0.2) is 9.97 Å². The van der Waals surface area contributed by atoms with Crippen molar-refractivity contribution in [2.75, 3.05) is 19.7 Å². The van der Waals surface area contributed by atoms with E-state index in [9.17, 15) is 4.79 Å². The highest BCUT2D eigenvalue weighted by molar-refractivity contribution is 7.20. The van der Waals surface area contributed by atoms with Gasteiger partial charge in [-0.05, 0) is 32.8 Å². The van der Waals surface area contributed by atoms with Crippen molar-refractivity contribution < 1.29 is 9.53 Å². The highest BCUT2D eigenvalue weighted by Gasteiger charge is 2.27. The van der Waals surface area contributed by atoms with Crippen LogP contribution in [0.5, 0.6) is 0 Å². The van der Waals surface area contributed by atoms with E-state index in [4.69, 9.17) is 4.74 Å². The monoisotopic (exact) mass is 319 g/mol. The lowest BCUT2D eigenvalue weighted by Gasteiger charge is -2.32. The third kappa shape index (κ3) is 2.61. The molecule has 0 aromatic carbocycles. The summed E-state index contributed by atoms with van der Waals surface area (Å²) in [6, 6.07) is 0. The molecule has 1 saturated heterocycles. The molecule has 1 aliphatic heterocycles. The maximum absolute atomic E-state index is 12.9. The number of aromatic nitrogens is 2. The number of amides is 1. The van der Waals surface area contributed by atoms with E-state index in [-0.39, 0.29) is 12.0 Å². The molecule has 1 amide bonds. The van der Waals surface area contributed by atoms with E-state index >= 15 is 0 Å². The number of nitrogens with zero attached hydrogens (tertiary/aromatic N) is 3. The Labute approximate surface area is 134 Å². The Balaban J connectivity index is 1.97. The number of hydrogen-bond acceptors (Lipinski definition) is 5. The standard InChI is InChI=1S/C16H21N3O2S/c1-5-12-8-19(6-7-21-12)16(20)14-9(2)13-10(3)17-11(4)18-15(13)22-14/h12H,5-8H2,1-4H3/t12-/m0/s1. The van der Waals surface area contributed by atoms with Crippen LogP contribution in [0.1, 0.15) is 40.1 Å². The van der Waals surface area contributed by atoms with Crippen LogP contribution >= 0.6 is 11.3 Å². The molecule has 0 saturated carbocycles. The SMILES string of the molecule is CC[C@H]1CN(C(=O)c2sc3nc(C)nc(C)c3c2C)CCO1. The van der Waals surface area contributed by atoms with Gasteiger partial charge >= 0.3 is 0 Å². The van der Waals surface area contributed by atoms with Gasteiger partial charge in [-0.1, -0.05) is 6.92 Å². The van der Waals surface area contributed by atoms with Crippen molar-refractivity contribution in [3.05, 3.63) is 22.0 Å². The maximum Gasteiger partial charge on any atom is 0.264 e. The molecule has 2 aromatic rings. The molecule has 1 fully saturated rings. The number of fused-ring (bicyclic) bond motifs is 1. The van der Waals surface area contributed by atoms with Crippen LogP contribution in [0.4, 0.5) is 0 Å². The number of thiophene rings is 1. The number of carbonyl (C=O) groups excluding carboxylic acids is 1. The Morgan fingerprint density at radius 1 is 1.36 bits per heavy atom. The predicted octanol–water partition coefficient (Wildman–Crippen LogP) is 2.87. The molecule has 2 aromatic heterocycles. The summed E-state index contributed by atoms with van der Waals surface area (Å²) in [6.45, 7) is 9.90. The summed E-state index contributed by atoms with van der Waals surface area (Å²) in [5, 5.41) is 1.03. The second-order valence-corrected chi connectivity index (χ2v) is 6.74. The van der Waals surface area contributed by atoms with Gasteiger partial charge in [0.1, 0.15) is 10.7 Å². The smallest absolute Gasteiger partial charge is 0.264 e. The van der Waals surface area contributed by atoms with Crippen molar-refractivity contribution >= 4 is 27.5 Å². The van der Waals surface area contributed by atoms with Gasteiger partial charge in [-0.3, -0.25) is 4.79 Å². The quantitative estimate of drug-likeness (QED) is 0.854. The first-order valence-corrected chi connectivity index (χ1v) is 8.48. The fourth-order valence-electron chi connectivity index (χ4n) is 2.97. The fourth-order valence-corrected chi connectivity index (χ4v) is 4.22. The summed E-state index contributed by atoms with van der Waals surface area (Å²) in [5.74, 6) is 0.849. The Bertz CT molecular complexity index is 726. The van der Waals surface area contributed by atoms with Crippen LogP contribution in [0, 0.1) is 20.8 Å². The normalized spacial score (nSPS) is 18.9. The zero-order chi connectivity index (χ0) is 15.9. The lowest BCUT2D eigenvalue weighted by molar-refractivity contribution is -0.0224. The lowest BCUT2D eigenvalue weighted by Crippen LogP contribution is -2.45. The zero-order valence-electron chi connectivity index (χ0n) is 13.5. The molecule has 22 heavy (non-hydrogen) atoms. The minimum absolute atomic E-state index is 0.0966. The first-order chi connectivity index (χ1) is 10.5. The number of rotatable bonds is 2. The summed E-state index contributed by atoms with van der Waals surface area (Å²) in [4.78, 5) is 25.4. The second-order valence-electron chi connectivity index (χ2n) is 5.74. The molecule has 1 atom stereocenters. The van der Waals surface area contributed by atoms with Crippen LogP contribution in [0.3, 0.4) is 0 Å². The summed E-state index contributed by atoms with van der Waals surface area (Å²) in [7, 11) is 0. The number of carbonyl (C=O) groups is 1. The average Bonchev–Trinajstić information content (AvgIpc) is 2.83. The third-order valence-corrected chi connectivity index (χ3v) is 5.33. The molecule has 5 nitrogen and oxygen atoms in total. The zero-order valence-corrected chi connectivity index (χ0v) is 14.3. The third-order valence-electron chi connectivity index (χ3n) is 4.16. The minimum Gasteiger partial charge on any atom is -0.375 e. The van der Waals surface area contributed by atoms with Crippen molar-refractivity contribution in [2.24, 2.45) is 0 Å². The molecular formula is C16H21N3O2S. The van der Waals surface area contributed by atoms with E-state index in [1.807, 2.05) is 25.7 Å². The van der Waals surface area contributed by atoms with E-state index in [2.05, 4.69) is 16.9 Å². The van der Waals surface area contributed by atoms with Gasteiger partial charge in [0.15, 0.2) is 0 Å². The molecule has 3 rings (SSSR count). The fraction of sp³-hybridized carbons (Fsp3) is 0.562. The van der Waals surface area contributed by atoms with Gasteiger partial charge < -0.3 is 9.64 Å². The molecule has 0 N–H and O–H groups in total. The van der Waals surface area contributed by atoms with E-state index < -0.39 is 0 Å². The minimum atomic E-state index is 0.0966. The molecule has 0 unspecified atom stereocenters. The Morgan fingerprint density at radius 2 is 2.14 bits per heavy atom. The van der Waals surface area contributed by atoms with Crippen molar-refractivity contribution in [2.45, 2.75) is 40.2 Å². The van der Waals surface area contributed by atoms with E-state index in [1.54, 1.807) is 0 Å². The highest BCUT2D eigenvalue weighted by atomic mass is 32.1. The number of hydrogen-bond donors (Lipinski definition) is 0. The molecule has 118 valence electrons. The molecule has 1 aliphatic rings. The van der Waals surface area contributed by atoms with Gasteiger partial charge in [0.05, 0.1) is 17.6 Å². The van der Waals surface area contributed by atoms with Gasteiger partial charge in [-0.15, -0.1) is 11.3 Å². The van der Waals surface area contributed by atoms with Crippen LogP contribution in [-0.4, -0.2) is 46.6 Å². The van der Waals surface area contributed by atoms with Crippen LogP contribution < -0.4 is 0 Å². The second kappa shape index (κ2) is 5.93. The van der Waals surface area contributed by atoms with Crippen molar-refractivity contribution in [3.8, 4) is 0 Å². The first kappa shape index (κ1) is 15.4. The molecule has 0 bridgehead atoms. The van der Waals surface area contributed by atoms with Gasteiger partial charge in [0.2, 0.25) is 0 Å². The summed E-state index contributed by atoms with van der Waals surface area (Å²) in [6.07, 6.45) is 1.08. The Hall–Kier alpha value is -1.53. The van der Waals surface area contributed by atoms with E-state index in [1.165, 1.54) is 11.3 Å². The highest BCUT2D eigenvalue weighted by Crippen LogP contribution is 2.32. The van der Waals surface area contributed by atoms with E-state index in [0.29, 0.717) is 19.7 Å². The van der Waals surface area contributed by atoms with Gasteiger partial charge in [0, 0.05) is 24.2 Å². The van der Waals surface area contributed by atoms with E-state index in [0.717, 1.165) is 38.6 Å². The maximum atomic E-state index is 12.9. The van der Waals surface area contributed by atoms with Crippen LogP contribution in [-0.2, 0) is 4.74 Å². The average molecular weight is 319 g/mol. The number of ether oxygens (including phenoxy) is 1. The lowest BCUT2D eigenvalue weighted by atomic mass is 10.1. The molecule has 6 heteroatoms. The predicted molar refractivity (Wildman–Crippen MR) is 87.6 cm³/mol. The largest absolute Gasteiger partial charge is 0.375 e. The summed E-state index contributed by atoms with van der Waals surface area (Å²) >= 11 is 1.48. The van der Waals surface area contributed by atoms with Crippen LogP contribution in [0.25, 0.3) is 10.2 Å². The van der Waals surface area contributed by atoms with Crippen molar-refractivity contribution in [1.29, 1.82) is 0 Å². The van der Waals surface area contributed by atoms with Crippen molar-refractivity contribution in [3.63, 3.8) is 0 Å². The van der Waals surface area contributed by atoms with Crippen LogP contribution in [0.15, 0.2) is 0 Å². The van der Waals surface area contributed by atoms with Gasteiger partial charge in [-0.2, -0.15) is 0 Å². The molecule has 0 aliphatic carbocycles. The topological polar surface area (TPSA) is 55.3 Å². The summed E-state index contributed by atoms with van der Waals surface area (Å²) in [5.41, 5.74) is 1.95. The van der Waals surface area contributed by atoms with Gasteiger partial charge in [0.25, 0.3) is 5.91 Å². The number of morpholine rings is 1. The molecular weight excluding hydrogens is 298 g/mol. The van der Waals surface area contributed by atoms with Crippen LogP contribution in [0.2, 0.25) is 0 Å². The Kier molecular flexibility index (Phi) is 4.14. The first-order valence-electron chi connectivity index (χ1n) is 7.66. The number of aryl methyl sites for hydroxylation is 3.